The molecular weight excluding hydrogens is 396 g/mol. The molecule has 2 heterocycles. The topological polar surface area (TPSA) is 86.5 Å². The van der Waals surface area contributed by atoms with E-state index in [9.17, 15) is 13.2 Å². The summed E-state index contributed by atoms with van der Waals surface area (Å²) in [4.78, 5) is 17.4. The van der Waals surface area contributed by atoms with Crippen LogP contribution in [0.2, 0.25) is 0 Å². The van der Waals surface area contributed by atoms with Crippen LogP contribution < -0.4 is 0 Å². The SMILES string of the molecule is [C-]#[N+]c1ccc(S(=O)(=O)[C@H]2CN(C(=O)OC(C)(C)C)C[C@]23COC(C)(C)O3)cc1. The van der Waals surface area contributed by atoms with Crippen LogP contribution in [0.5, 0.6) is 0 Å². The third kappa shape index (κ3) is 4.25. The third-order valence-corrected chi connectivity index (χ3v) is 7.12. The summed E-state index contributed by atoms with van der Waals surface area (Å²) in [5.74, 6) is -0.967. The van der Waals surface area contributed by atoms with E-state index in [0.29, 0.717) is 5.69 Å². The number of amides is 1. The molecule has 2 aliphatic heterocycles. The van der Waals surface area contributed by atoms with Gasteiger partial charge in [-0.05, 0) is 34.6 Å². The maximum absolute atomic E-state index is 13.5. The van der Waals surface area contributed by atoms with E-state index in [-0.39, 0.29) is 24.6 Å². The highest BCUT2D eigenvalue weighted by Crippen LogP contribution is 2.42. The average Bonchev–Trinajstić information content (AvgIpc) is 3.13. The summed E-state index contributed by atoms with van der Waals surface area (Å²) < 4.78 is 44.1. The first-order valence-electron chi connectivity index (χ1n) is 9.32. The highest BCUT2D eigenvalue weighted by molar-refractivity contribution is 7.92. The van der Waals surface area contributed by atoms with E-state index in [1.54, 1.807) is 34.6 Å². The van der Waals surface area contributed by atoms with Gasteiger partial charge in [0, 0.05) is 6.54 Å². The van der Waals surface area contributed by atoms with E-state index in [2.05, 4.69) is 4.85 Å². The molecule has 1 spiro atoms. The summed E-state index contributed by atoms with van der Waals surface area (Å²) >= 11 is 0. The molecule has 2 saturated heterocycles. The minimum atomic E-state index is -3.87. The fourth-order valence-corrected chi connectivity index (χ4v) is 5.63. The Morgan fingerprint density at radius 2 is 1.90 bits per heavy atom. The second-order valence-corrected chi connectivity index (χ2v) is 11.0. The average molecular weight is 423 g/mol. The fraction of sp³-hybridized carbons (Fsp3) is 0.600. The van der Waals surface area contributed by atoms with Gasteiger partial charge >= 0.3 is 6.09 Å². The molecule has 2 atom stereocenters. The molecule has 0 aliphatic carbocycles. The number of benzene rings is 1. The van der Waals surface area contributed by atoms with Crippen molar-refractivity contribution < 1.29 is 27.4 Å². The number of carbonyl (C=O) groups is 1. The minimum absolute atomic E-state index is 0.0450. The normalized spacial score (nSPS) is 26.5. The van der Waals surface area contributed by atoms with Gasteiger partial charge < -0.3 is 19.1 Å². The lowest BCUT2D eigenvalue weighted by Gasteiger charge is -2.29. The Balaban J connectivity index is 1.97. The molecule has 8 nitrogen and oxygen atoms in total. The maximum Gasteiger partial charge on any atom is 0.410 e. The molecule has 158 valence electrons. The van der Waals surface area contributed by atoms with Crippen molar-refractivity contribution in [1.82, 2.24) is 4.90 Å². The molecule has 0 unspecified atom stereocenters. The largest absolute Gasteiger partial charge is 0.444 e. The minimum Gasteiger partial charge on any atom is -0.444 e. The first-order chi connectivity index (χ1) is 13.3. The van der Waals surface area contributed by atoms with E-state index >= 15 is 0 Å². The lowest BCUT2D eigenvalue weighted by Crippen LogP contribution is -2.49. The van der Waals surface area contributed by atoms with Crippen LogP contribution in [0.1, 0.15) is 34.6 Å². The van der Waals surface area contributed by atoms with Crippen molar-refractivity contribution in [3.63, 3.8) is 0 Å². The van der Waals surface area contributed by atoms with Gasteiger partial charge in [0.2, 0.25) is 0 Å². The molecule has 1 aromatic rings. The molecule has 2 fully saturated rings. The lowest BCUT2D eigenvalue weighted by atomic mass is 10.0. The van der Waals surface area contributed by atoms with Gasteiger partial charge in [-0.2, -0.15) is 0 Å². The first-order valence-corrected chi connectivity index (χ1v) is 10.9. The van der Waals surface area contributed by atoms with Gasteiger partial charge in [0.15, 0.2) is 21.3 Å². The van der Waals surface area contributed by atoms with Gasteiger partial charge in [-0.25, -0.2) is 18.1 Å². The second kappa shape index (κ2) is 6.97. The Labute approximate surface area is 171 Å². The Morgan fingerprint density at radius 1 is 1.28 bits per heavy atom. The maximum atomic E-state index is 13.5. The zero-order chi connectivity index (χ0) is 21.7. The standard InChI is InChI=1S/C20H26N2O6S/c1-18(2,3)27-17(23)22-11-16(20(12-22)13-26-19(4,5)28-20)29(24,25)15-9-7-14(21-6)8-10-15/h7-10,16H,11-13H2,1-5H3/t16-,20-/m0/s1. The predicted octanol–water partition coefficient (Wildman–Crippen LogP) is 3.15. The monoisotopic (exact) mass is 422 g/mol. The molecule has 1 amide bonds. The number of rotatable bonds is 2. The van der Waals surface area contributed by atoms with Crippen molar-refractivity contribution >= 4 is 21.6 Å². The van der Waals surface area contributed by atoms with Crippen molar-refractivity contribution in [2.75, 3.05) is 19.7 Å². The zero-order valence-electron chi connectivity index (χ0n) is 17.3. The van der Waals surface area contributed by atoms with Gasteiger partial charge in [-0.15, -0.1) is 0 Å². The second-order valence-electron chi connectivity index (χ2n) is 8.86. The van der Waals surface area contributed by atoms with Gasteiger partial charge in [0.05, 0.1) is 24.6 Å². The van der Waals surface area contributed by atoms with Gasteiger partial charge in [-0.1, -0.05) is 24.3 Å². The Hall–Kier alpha value is -2.15. The Kier molecular flexibility index (Phi) is 5.18. The van der Waals surface area contributed by atoms with E-state index in [1.807, 2.05) is 0 Å². The van der Waals surface area contributed by atoms with E-state index in [1.165, 1.54) is 29.2 Å². The van der Waals surface area contributed by atoms with E-state index in [0.717, 1.165) is 0 Å². The van der Waals surface area contributed by atoms with Crippen LogP contribution >= 0.6 is 0 Å². The van der Waals surface area contributed by atoms with Crippen LogP contribution in [-0.2, 0) is 24.0 Å². The number of hydrogen-bond acceptors (Lipinski definition) is 6. The Morgan fingerprint density at radius 3 is 2.38 bits per heavy atom. The molecular formula is C20H26N2O6S. The summed E-state index contributed by atoms with van der Waals surface area (Å²) in [6, 6.07) is 5.74. The molecule has 0 saturated carbocycles. The lowest BCUT2D eigenvalue weighted by molar-refractivity contribution is -0.157. The molecule has 29 heavy (non-hydrogen) atoms. The van der Waals surface area contributed by atoms with Crippen molar-refractivity contribution in [2.24, 2.45) is 0 Å². The van der Waals surface area contributed by atoms with Crippen LogP contribution in [0.4, 0.5) is 10.5 Å². The summed E-state index contributed by atoms with van der Waals surface area (Å²) in [5.41, 5.74) is -1.55. The molecule has 1 aromatic carbocycles. The van der Waals surface area contributed by atoms with E-state index < -0.39 is 38.2 Å². The summed E-state index contributed by atoms with van der Waals surface area (Å²) in [5, 5.41) is -1.02. The van der Waals surface area contributed by atoms with Crippen molar-refractivity contribution in [2.45, 2.75) is 61.8 Å². The molecule has 0 radical (unpaired) electrons. The zero-order valence-corrected chi connectivity index (χ0v) is 18.1. The number of carbonyl (C=O) groups excluding carboxylic acids is 1. The van der Waals surface area contributed by atoms with Gasteiger partial charge in [0.25, 0.3) is 0 Å². The molecule has 3 rings (SSSR count). The van der Waals surface area contributed by atoms with Crippen LogP contribution in [0.25, 0.3) is 4.85 Å². The van der Waals surface area contributed by atoms with Gasteiger partial charge in [-0.3, -0.25) is 0 Å². The smallest absolute Gasteiger partial charge is 0.410 e. The molecule has 0 N–H and O–H groups in total. The quantitative estimate of drug-likeness (QED) is 0.681. The van der Waals surface area contributed by atoms with Crippen molar-refractivity contribution in [1.29, 1.82) is 0 Å². The number of nitrogens with zero attached hydrogens (tertiary/aromatic N) is 2. The van der Waals surface area contributed by atoms with Crippen LogP contribution in [0.15, 0.2) is 29.2 Å². The number of hydrogen-bond donors (Lipinski definition) is 0. The van der Waals surface area contributed by atoms with E-state index in [4.69, 9.17) is 20.8 Å². The number of sulfone groups is 1. The summed E-state index contributed by atoms with van der Waals surface area (Å²) in [7, 11) is -3.87. The predicted molar refractivity (Wildman–Crippen MR) is 105 cm³/mol. The van der Waals surface area contributed by atoms with Gasteiger partial charge in [0.1, 0.15) is 16.5 Å². The van der Waals surface area contributed by atoms with Crippen LogP contribution in [0, 0.1) is 6.57 Å². The molecule has 9 heteroatoms. The van der Waals surface area contributed by atoms with Crippen LogP contribution in [-0.4, -0.2) is 61.3 Å². The van der Waals surface area contributed by atoms with Crippen LogP contribution in [0.3, 0.4) is 0 Å². The Bertz CT molecular complexity index is 943. The summed E-state index contributed by atoms with van der Waals surface area (Å²) in [6.45, 7) is 15.8. The molecule has 2 aliphatic rings. The van der Waals surface area contributed by atoms with Crippen molar-refractivity contribution in [3.05, 3.63) is 35.7 Å². The van der Waals surface area contributed by atoms with Crippen molar-refractivity contribution in [3.8, 4) is 0 Å². The third-order valence-electron chi connectivity index (χ3n) is 4.87. The molecule has 0 bridgehead atoms. The fourth-order valence-electron chi connectivity index (χ4n) is 3.66. The molecule has 0 aromatic heterocycles. The summed E-state index contributed by atoms with van der Waals surface area (Å²) in [6.07, 6.45) is -0.591. The number of likely N-dealkylation sites (tertiary alicyclic amines) is 1. The first kappa shape index (κ1) is 21.6. The number of ether oxygens (including phenoxy) is 3. The highest BCUT2D eigenvalue weighted by Gasteiger charge is 2.61. The highest BCUT2D eigenvalue weighted by atomic mass is 32.2.